The molecule has 6 nitrogen and oxygen atoms in total. The molecule has 0 amide bonds. The Hall–Kier alpha value is -2.18. The Balaban J connectivity index is 1.76. The van der Waals surface area contributed by atoms with E-state index in [0.29, 0.717) is 11.6 Å². The number of benzene rings is 1. The topological polar surface area (TPSA) is 61.0 Å². The highest BCUT2D eigenvalue weighted by Gasteiger charge is 2.57. The Morgan fingerprint density at radius 2 is 2.00 bits per heavy atom. The lowest BCUT2D eigenvalue weighted by Crippen LogP contribution is -2.57. The van der Waals surface area contributed by atoms with Gasteiger partial charge in [0.25, 0.3) is 0 Å². The Morgan fingerprint density at radius 3 is 2.64 bits per heavy atom. The smallest absolute Gasteiger partial charge is 0.173 e. The molecule has 0 saturated heterocycles. The summed E-state index contributed by atoms with van der Waals surface area (Å²) in [4.78, 5) is 14.3. The SMILES string of the molecule is COC1(Cn2cncc2C2C=N2)C(c2ccc(Cl)cc2)=NOC1(C)C. The molecule has 0 radical (unpaired) electrons. The third-order valence-electron chi connectivity index (χ3n) is 4.93. The van der Waals surface area contributed by atoms with Crippen LogP contribution in [0.3, 0.4) is 0 Å². The van der Waals surface area contributed by atoms with Crippen molar-refractivity contribution in [3.63, 3.8) is 0 Å². The van der Waals surface area contributed by atoms with Gasteiger partial charge in [-0.25, -0.2) is 4.98 Å². The van der Waals surface area contributed by atoms with Crippen LogP contribution in [0.1, 0.15) is 31.1 Å². The van der Waals surface area contributed by atoms with E-state index in [0.717, 1.165) is 17.0 Å². The molecule has 4 rings (SSSR count). The minimum absolute atomic E-state index is 0.109. The Labute approximate surface area is 151 Å². The first-order valence-electron chi connectivity index (χ1n) is 8.08. The lowest BCUT2D eigenvalue weighted by Gasteiger charge is -2.38. The van der Waals surface area contributed by atoms with Crippen LogP contribution in [-0.2, 0) is 16.1 Å². The van der Waals surface area contributed by atoms with Crippen molar-refractivity contribution in [1.82, 2.24) is 9.55 Å². The van der Waals surface area contributed by atoms with E-state index in [2.05, 4.69) is 19.7 Å². The maximum atomic E-state index is 6.06. The minimum atomic E-state index is -0.773. The molecule has 2 aliphatic rings. The number of aromatic nitrogens is 2. The second kappa shape index (κ2) is 5.68. The van der Waals surface area contributed by atoms with Crippen LogP contribution in [0.25, 0.3) is 0 Å². The van der Waals surface area contributed by atoms with Crippen LogP contribution >= 0.6 is 11.6 Å². The molecule has 25 heavy (non-hydrogen) atoms. The number of halogens is 1. The molecule has 0 fully saturated rings. The standard InChI is InChI=1S/C18H19ClN4O2/c1-17(2)18(24-3,10-23-11-20-9-15(23)14-8-21-14)16(22-25-17)12-4-6-13(19)7-5-12/h4-9,11,14H,10H2,1-3H3. The Kier molecular flexibility index (Phi) is 3.70. The average Bonchev–Trinajstić information content (AvgIpc) is 3.27. The van der Waals surface area contributed by atoms with Crippen LogP contribution in [0, 0.1) is 0 Å². The van der Waals surface area contributed by atoms with E-state index in [1.165, 1.54) is 0 Å². The quantitative estimate of drug-likeness (QED) is 0.824. The zero-order valence-electron chi connectivity index (χ0n) is 14.3. The highest BCUT2D eigenvalue weighted by Crippen LogP contribution is 2.41. The van der Waals surface area contributed by atoms with Crippen molar-refractivity contribution < 1.29 is 9.57 Å². The molecule has 0 bridgehead atoms. The molecule has 0 aliphatic carbocycles. The van der Waals surface area contributed by atoms with Crippen molar-refractivity contribution in [1.29, 1.82) is 0 Å². The molecule has 2 unspecified atom stereocenters. The number of aliphatic imine (C=N–C) groups is 1. The monoisotopic (exact) mass is 358 g/mol. The van der Waals surface area contributed by atoms with Gasteiger partial charge in [0.2, 0.25) is 0 Å². The van der Waals surface area contributed by atoms with Crippen molar-refractivity contribution in [2.45, 2.75) is 37.6 Å². The van der Waals surface area contributed by atoms with Crippen LogP contribution in [0.5, 0.6) is 0 Å². The Bertz CT molecular complexity index is 850. The van der Waals surface area contributed by atoms with Crippen LogP contribution in [0.4, 0.5) is 0 Å². The molecular weight excluding hydrogens is 340 g/mol. The Morgan fingerprint density at radius 1 is 1.28 bits per heavy atom. The first-order chi connectivity index (χ1) is 12.0. The molecule has 0 N–H and O–H groups in total. The van der Waals surface area contributed by atoms with E-state index in [1.54, 1.807) is 13.4 Å². The first-order valence-corrected chi connectivity index (χ1v) is 8.46. The maximum absolute atomic E-state index is 6.06. The zero-order chi connectivity index (χ0) is 17.7. The van der Waals surface area contributed by atoms with E-state index >= 15 is 0 Å². The second-order valence-corrected chi connectivity index (χ2v) is 7.21. The molecule has 0 spiro atoms. The normalized spacial score (nSPS) is 26.4. The first kappa shape index (κ1) is 16.3. The fraction of sp³-hybridized carbons (Fsp3) is 0.389. The van der Waals surface area contributed by atoms with Crippen molar-refractivity contribution in [3.05, 3.63) is 53.1 Å². The van der Waals surface area contributed by atoms with Gasteiger partial charge in [-0.2, -0.15) is 0 Å². The van der Waals surface area contributed by atoms with Gasteiger partial charge in [0, 0.05) is 23.9 Å². The number of rotatable bonds is 5. The molecule has 1 aromatic carbocycles. The third kappa shape index (κ3) is 2.56. The number of nitrogens with zero attached hydrogens (tertiary/aromatic N) is 4. The fourth-order valence-electron chi connectivity index (χ4n) is 3.30. The largest absolute Gasteiger partial charge is 0.386 e. The lowest BCUT2D eigenvalue weighted by atomic mass is 9.79. The molecular formula is C18H19ClN4O2. The number of hydrogen-bond donors (Lipinski definition) is 0. The molecule has 2 aromatic rings. The summed E-state index contributed by atoms with van der Waals surface area (Å²) in [6.45, 7) is 4.48. The summed E-state index contributed by atoms with van der Waals surface area (Å²) in [7, 11) is 1.69. The molecule has 3 heterocycles. The van der Waals surface area contributed by atoms with Gasteiger partial charge in [-0.3, -0.25) is 4.99 Å². The van der Waals surface area contributed by atoms with Gasteiger partial charge in [0.1, 0.15) is 11.8 Å². The number of methoxy groups -OCH3 is 1. The van der Waals surface area contributed by atoms with E-state index in [9.17, 15) is 0 Å². The van der Waals surface area contributed by atoms with Gasteiger partial charge >= 0.3 is 0 Å². The van der Waals surface area contributed by atoms with E-state index in [1.807, 2.05) is 50.5 Å². The summed E-state index contributed by atoms with van der Waals surface area (Å²) in [5, 5.41) is 5.04. The number of hydrogen-bond acceptors (Lipinski definition) is 5. The third-order valence-corrected chi connectivity index (χ3v) is 5.18. The van der Waals surface area contributed by atoms with E-state index in [-0.39, 0.29) is 6.04 Å². The van der Waals surface area contributed by atoms with Crippen LogP contribution in [0.15, 0.2) is 46.9 Å². The molecule has 1 aromatic heterocycles. The predicted octanol–water partition coefficient (Wildman–Crippen LogP) is 3.26. The highest BCUT2D eigenvalue weighted by molar-refractivity contribution is 6.30. The summed E-state index contributed by atoms with van der Waals surface area (Å²) in [6, 6.07) is 7.65. The summed E-state index contributed by atoms with van der Waals surface area (Å²) in [6.07, 6.45) is 5.53. The van der Waals surface area contributed by atoms with Gasteiger partial charge in [-0.1, -0.05) is 28.9 Å². The molecule has 130 valence electrons. The van der Waals surface area contributed by atoms with Gasteiger partial charge < -0.3 is 14.1 Å². The lowest BCUT2D eigenvalue weighted by molar-refractivity contribution is -0.126. The van der Waals surface area contributed by atoms with Crippen molar-refractivity contribution in [2.24, 2.45) is 10.1 Å². The van der Waals surface area contributed by atoms with Crippen LogP contribution in [-0.4, -0.2) is 39.8 Å². The summed E-state index contributed by atoms with van der Waals surface area (Å²) < 4.78 is 8.12. The van der Waals surface area contributed by atoms with Gasteiger partial charge in [-0.15, -0.1) is 0 Å². The summed E-state index contributed by atoms with van der Waals surface area (Å²) >= 11 is 6.03. The molecule has 7 heteroatoms. The molecule has 0 saturated carbocycles. The van der Waals surface area contributed by atoms with Gasteiger partial charge in [-0.05, 0) is 26.0 Å². The number of oxime groups is 1. The van der Waals surface area contributed by atoms with Crippen molar-refractivity contribution >= 4 is 23.5 Å². The maximum Gasteiger partial charge on any atom is 0.173 e. The fourth-order valence-corrected chi connectivity index (χ4v) is 3.43. The molecule has 2 aliphatic heterocycles. The van der Waals surface area contributed by atoms with Crippen molar-refractivity contribution in [2.75, 3.05) is 7.11 Å². The predicted molar refractivity (Wildman–Crippen MR) is 96.4 cm³/mol. The summed E-state index contributed by atoms with van der Waals surface area (Å²) in [5.74, 6) is 0. The summed E-state index contributed by atoms with van der Waals surface area (Å²) in [5.41, 5.74) is 1.28. The van der Waals surface area contributed by atoms with Crippen molar-refractivity contribution in [3.8, 4) is 0 Å². The van der Waals surface area contributed by atoms with Crippen LogP contribution < -0.4 is 0 Å². The molecule has 2 atom stereocenters. The highest BCUT2D eigenvalue weighted by atomic mass is 35.5. The number of imidazole rings is 1. The zero-order valence-corrected chi connectivity index (χ0v) is 15.1. The van der Waals surface area contributed by atoms with Gasteiger partial charge in [0.15, 0.2) is 11.2 Å². The average molecular weight is 359 g/mol. The minimum Gasteiger partial charge on any atom is -0.386 e. The second-order valence-electron chi connectivity index (χ2n) is 6.77. The van der Waals surface area contributed by atoms with E-state index < -0.39 is 11.2 Å². The van der Waals surface area contributed by atoms with Crippen LogP contribution in [0.2, 0.25) is 5.02 Å². The number of ether oxygens (including phenoxy) is 1. The van der Waals surface area contributed by atoms with Gasteiger partial charge in [0.05, 0.1) is 24.8 Å². The van der Waals surface area contributed by atoms with E-state index in [4.69, 9.17) is 21.2 Å².